The van der Waals surface area contributed by atoms with E-state index >= 15 is 0 Å². The third-order valence-electron chi connectivity index (χ3n) is 7.75. The molecule has 270 valence electrons. The van der Waals surface area contributed by atoms with Crippen molar-refractivity contribution in [2.75, 3.05) is 19.0 Å². The summed E-state index contributed by atoms with van der Waals surface area (Å²) >= 11 is 0. The van der Waals surface area contributed by atoms with Crippen LogP contribution < -0.4 is 4.90 Å². The maximum atomic E-state index is 13.2. The van der Waals surface area contributed by atoms with Crippen molar-refractivity contribution in [3.63, 3.8) is 0 Å². The van der Waals surface area contributed by atoms with Crippen molar-refractivity contribution in [2.45, 2.75) is 59.3 Å². The molecule has 0 bridgehead atoms. The summed E-state index contributed by atoms with van der Waals surface area (Å²) in [5.74, 6) is 0. The third kappa shape index (κ3) is 7.69. The van der Waals surface area contributed by atoms with Crippen molar-refractivity contribution in [3.05, 3.63) is 71.5 Å². The van der Waals surface area contributed by atoms with Gasteiger partial charge < -0.3 is 4.90 Å². The topological polar surface area (TPSA) is 74.5 Å². The van der Waals surface area contributed by atoms with Gasteiger partial charge in [-0.1, -0.05) is 19.9 Å². The van der Waals surface area contributed by atoms with Crippen LogP contribution in [0.4, 0.5) is 62.9 Å². The van der Waals surface area contributed by atoms with Gasteiger partial charge in [0.05, 0.1) is 15.2 Å². The van der Waals surface area contributed by atoms with E-state index in [9.17, 15) is 68.4 Å². The quantitative estimate of drug-likeness (QED) is 0.176. The average molecular weight is 767 g/mol. The molecular weight excluding hydrogens is 739 g/mol. The molecule has 0 aliphatic carbocycles. The van der Waals surface area contributed by atoms with Crippen LogP contribution in [-0.2, 0) is 30.5 Å². The molecule has 6 nitrogen and oxygen atoms in total. The monoisotopic (exact) mass is 766 g/mol. The molecule has 0 unspecified atom stereocenters. The van der Waals surface area contributed by atoms with Crippen molar-refractivity contribution in [3.8, 4) is 0 Å². The predicted molar refractivity (Wildman–Crippen MR) is 155 cm³/mol. The van der Waals surface area contributed by atoms with Gasteiger partial charge in [0.2, 0.25) is 5.69 Å². The summed E-state index contributed by atoms with van der Waals surface area (Å²) < 4.78 is 188. The van der Waals surface area contributed by atoms with E-state index in [1.54, 1.807) is 69.5 Å². The van der Waals surface area contributed by atoms with E-state index in [4.69, 9.17) is 0 Å². The summed E-state index contributed by atoms with van der Waals surface area (Å²) in [6.45, 7) is 6.99. The molecule has 21 heteroatoms. The van der Waals surface area contributed by atoms with Gasteiger partial charge in [-0.25, -0.2) is 16.8 Å². The SMILES string of the molecule is CN1/C(=C/C=C/C2=[N+](C)c3ccc(S(=O)(=O)C(F)(F)F)cc3C2(C)C)C(C)(C)c2cc(S(=O)(=O)C(F)(F)F)ccc21.F[P-](F)(F)(F)(F)F. The number of nitrogens with zero attached hydrogens (tertiary/aromatic N) is 2. The number of benzene rings is 2. The molecule has 2 aliphatic heterocycles. The first-order chi connectivity index (χ1) is 20.9. The minimum atomic E-state index is -10.7. The molecule has 2 aromatic rings. The molecular formula is C27H27F12N2O4PS2. The van der Waals surface area contributed by atoms with Crippen molar-refractivity contribution < 1.29 is 72.9 Å². The Kier molecular flexibility index (Phi) is 8.76. The Bertz CT molecular complexity index is 1980. The fourth-order valence-electron chi connectivity index (χ4n) is 5.46. The van der Waals surface area contributed by atoms with E-state index in [1.807, 2.05) is 0 Å². The van der Waals surface area contributed by atoms with Gasteiger partial charge in [-0.15, -0.1) is 0 Å². The zero-order chi connectivity index (χ0) is 37.5. The Hall–Kier alpha value is -3.12. The Balaban J connectivity index is 0.000000804. The molecule has 2 aromatic carbocycles. The van der Waals surface area contributed by atoms with E-state index < -0.39 is 59.1 Å². The molecule has 0 amide bonds. The number of sulfone groups is 2. The first kappa shape index (κ1) is 39.3. The minimum absolute atomic E-state index is 0.391. The van der Waals surface area contributed by atoms with Crippen LogP contribution in [0.3, 0.4) is 0 Å². The summed E-state index contributed by atoms with van der Waals surface area (Å²) in [5, 5.41) is 0. The number of anilines is 1. The number of alkyl halides is 6. The van der Waals surface area contributed by atoms with E-state index in [2.05, 4.69) is 0 Å². The van der Waals surface area contributed by atoms with Crippen LogP contribution in [0.15, 0.2) is 70.1 Å². The van der Waals surface area contributed by atoms with Gasteiger partial charge in [-0.05, 0) is 55.8 Å². The normalized spacial score (nSPS) is 20.3. The van der Waals surface area contributed by atoms with Crippen LogP contribution in [0.5, 0.6) is 0 Å². The summed E-state index contributed by atoms with van der Waals surface area (Å²) in [6, 6.07) is 6.56. The fraction of sp³-hybridized carbons (Fsp3) is 0.370. The molecule has 0 atom stereocenters. The fourth-order valence-corrected chi connectivity index (χ4v) is 7.04. The van der Waals surface area contributed by atoms with Gasteiger partial charge in [-0.3, -0.25) is 0 Å². The first-order valence-corrected chi connectivity index (χ1v) is 18.1. The number of halogens is 12. The van der Waals surface area contributed by atoms with Crippen LogP contribution in [-0.4, -0.2) is 52.2 Å². The Labute approximate surface area is 267 Å². The van der Waals surface area contributed by atoms with Crippen molar-refractivity contribution in [2.24, 2.45) is 0 Å². The molecule has 0 N–H and O–H groups in total. The van der Waals surface area contributed by atoms with Gasteiger partial charge >= 0.3 is 44.0 Å². The van der Waals surface area contributed by atoms with E-state index in [1.165, 1.54) is 12.1 Å². The molecule has 2 heterocycles. The number of hydrogen-bond donors (Lipinski definition) is 0. The zero-order valence-electron chi connectivity index (χ0n) is 25.5. The second-order valence-electron chi connectivity index (χ2n) is 11.9. The Morgan fingerprint density at radius 2 is 1.15 bits per heavy atom. The Morgan fingerprint density at radius 1 is 0.729 bits per heavy atom. The standard InChI is InChI=1S/C27H27F6N2O4S2.F6P/c1-24(2)18-14-16(40(36,37)26(28,29)30)10-12-20(18)34(5)22(24)8-7-9-23-25(3,4)19-15-17(11-13-21(19)35(23)6)41(38,39)27(31,32)33;1-7(2,3,4,5)6/h7-15H,1-6H3;/q+1;-1. The van der Waals surface area contributed by atoms with Crippen molar-refractivity contribution >= 4 is 44.6 Å². The number of fused-ring (bicyclic) bond motifs is 2. The van der Waals surface area contributed by atoms with Crippen LogP contribution in [0.25, 0.3) is 0 Å². The molecule has 0 aromatic heterocycles. The first-order valence-electron chi connectivity index (χ1n) is 13.1. The van der Waals surface area contributed by atoms with Gasteiger partial charge in [0.1, 0.15) is 7.05 Å². The molecule has 0 spiro atoms. The second kappa shape index (κ2) is 10.7. The molecule has 4 rings (SSSR count). The molecule has 0 saturated heterocycles. The summed E-state index contributed by atoms with van der Waals surface area (Å²) in [5.41, 5.74) is -9.48. The maximum absolute atomic E-state index is 13.2. The average Bonchev–Trinajstić information content (AvgIpc) is 3.18. The number of hydrogen-bond acceptors (Lipinski definition) is 5. The van der Waals surface area contributed by atoms with Gasteiger partial charge in [-0.2, -0.15) is 30.9 Å². The second-order valence-corrected chi connectivity index (χ2v) is 17.7. The van der Waals surface area contributed by atoms with E-state index in [0.29, 0.717) is 33.9 Å². The van der Waals surface area contributed by atoms with Gasteiger partial charge in [0.25, 0.3) is 19.7 Å². The van der Waals surface area contributed by atoms with Gasteiger partial charge in [0.15, 0.2) is 5.71 Å². The van der Waals surface area contributed by atoms with Crippen LogP contribution in [0, 0.1) is 0 Å². The van der Waals surface area contributed by atoms with E-state index in [0.717, 1.165) is 24.3 Å². The number of allylic oxidation sites excluding steroid dienone is 4. The molecule has 0 radical (unpaired) electrons. The molecule has 0 fully saturated rings. The number of rotatable bonds is 4. The van der Waals surface area contributed by atoms with E-state index in [-0.39, 0.29) is 0 Å². The summed E-state index contributed by atoms with van der Waals surface area (Å²) in [6.07, 6.45) is 5.12. The number of likely N-dealkylation sites (N-methyl/N-ethyl adjacent to an activating group) is 1. The molecule has 0 saturated carbocycles. The predicted octanol–water partition coefficient (Wildman–Crippen LogP) is 9.53. The van der Waals surface area contributed by atoms with Crippen molar-refractivity contribution in [1.82, 2.24) is 0 Å². The zero-order valence-corrected chi connectivity index (χ0v) is 28.1. The Morgan fingerprint density at radius 3 is 1.58 bits per heavy atom. The molecule has 48 heavy (non-hydrogen) atoms. The van der Waals surface area contributed by atoms with Crippen molar-refractivity contribution in [1.29, 1.82) is 0 Å². The van der Waals surface area contributed by atoms with Crippen LogP contribution >= 0.6 is 7.81 Å². The third-order valence-corrected chi connectivity index (χ3v) is 10.7. The van der Waals surface area contributed by atoms with Crippen LogP contribution in [0.1, 0.15) is 38.8 Å². The summed E-state index contributed by atoms with van der Waals surface area (Å²) in [4.78, 5) is 0.0362. The molecule has 2 aliphatic rings. The van der Waals surface area contributed by atoms with Crippen LogP contribution in [0.2, 0.25) is 0 Å². The summed E-state index contributed by atoms with van der Waals surface area (Å²) in [7, 11) is -18.3. The van der Waals surface area contributed by atoms with Gasteiger partial charge in [0, 0.05) is 41.6 Å².